The fraction of sp³-hybridized carbons (Fsp3) is 0.462. The highest BCUT2D eigenvalue weighted by Gasteiger charge is 2.20. The summed E-state index contributed by atoms with van der Waals surface area (Å²) >= 11 is 0. The van der Waals surface area contributed by atoms with Crippen molar-refractivity contribution >= 4 is 11.6 Å². The summed E-state index contributed by atoms with van der Waals surface area (Å²) in [5, 5.41) is 9.14. The molecule has 1 N–H and O–H groups in total. The van der Waals surface area contributed by atoms with Crippen molar-refractivity contribution in [2.45, 2.75) is 70.1 Å². The zero-order chi connectivity index (χ0) is 21.3. The predicted molar refractivity (Wildman–Crippen MR) is 118 cm³/mol. The summed E-state index contributed by atoms with van der Waals surface area (Å²) in [4.78, 5) is 22.2. The molecule has 2 aromatic carbocycles. The number of phenols is 1. The molecule has 2 aromatic rings. The average Bonchev–Trinajstić information content (AvgIpc) is 2.77. The van der Waals surface area contributed by atoms with Gasteiger partial charge in [-0.1, -0.05) is 24.3 Å². The van der Waals surface area contributed by atoms with Crippen LogP contribution in [0.15, 0.2) is 48.5 Å². The third-order valence-corrected chi connectivity index (χ3v) is 6.11. The second kappa shape index (κ2) is 11.0. The lowest BCUT2D eigenvalue weighted by Gasteiger charge is -2.21. The lowest BCUT2D eigenvalue weighted by atomic mass is 9.83. The first kappa shape index (κ1) is 22.1. The number of benzene rings is 2. The van der Waals surface area contributed by atoms with E-state index >= 15 is 0 Å². The summed E-state index contributed by atoms with van der Waals surface area (Å²) in [6, 6.07) is 15.6. The zero-order valence-electron chi connectivity index (χ0n) is 17.8. The first-order valence-electron chi connectivity index (χ1n) is 11.1. The summed E-state index contributed by atoms with van der Waals surface area (Å²) in [5.41, 5.74) is 2.59. The minimum atomic E-state index is 0.306. The van der Waals surface area contributed by atoms with Crippen LogP contribution in [0.2, 0.25) is 0 Å². The van der Waals surface area contributed by atoms with Gasteiger partial charge in [-0.3, -0.25) is 9.59 Å². The molecule has 0 aliphatic heterocycles. The fourth-order valence-corrected chi connectivity index (χ4v) is 4.30. The second-order valence-corrected chi connectivity index (χ2v) is 8.22. The Balaban J connectivity index is 0.000000172. The van der Waals surface area contributed by atoms with Gasteiger partial charge in [0.1, 0.15) is 23.1 Å². The molecule has 0 heterocycles. The lowest BCUT2D eigenvalue weighted by molar-refractivity contribution is -0.121. The first-order valence-corrected chi connectivity index (χ1v) is 11.1. The number of carbonyl (C=O) groups is 2. The highest BCUT2D eigenvalue weighted by molar-refractivity contribution is 5.79. The molecule has 4 rings (SSSR count). The maximum Gasteiger partial charge on any atom is 0.132 e. The van der Waals surface area contributed by atoms with E-state index < -0.39 is 0 Å². The normalized spacial score (nSPS) is 17.9. The number of rotatable bonds is 4. The molecule has 0 radical (unpaired) electrons. The quantitative estimate of drug-likeness (QED) is 0.681. The molecule has 0 spiro atoms. The Morgan fingerprint density at radius 1 is 0.733 bits per heavy atom. The van der Waals surface area contributed by atoms with Gasteiger partial charge in [0.05, 0.1) is 6.61 Å². The summed E-state index contributed by atoms with van der Waals surface area (Å²) in [6.45, 7) is 2.69. The molecule has 2 fully saturated rings. The van der Waals surface area contributed by atoms with Gasteiger partial charge in [0, 0.05) is 25.7 Å². The van der Waals surface area contributed by atoms with Crippen LogP contribution >= 0.6 is 0 Å². The molecule has 0 bridgehead atoms. The van der Waals surface area contributed by atoms with Crippen LogP contribution in [0.3, 0.4) is 0 Å². The number of ether oxygens (including phenoxy) is 1. The van der Waals surface area contributed by atoms with E-state index in [0.717, 1.165) is 44.3 Å². The molecule has 160 valence electrons. The molecule has 30 heavy (non-hydrogen) atoms. The standard InChI is InChI=1S/C14H18O2.C12H14O2/c1-2-16-14-9-5-12(6-10-14)11-3-7-13(15)8-4-11;13-11-5-1-9(2-6-11)10-3-7-12(14)8-4-10/h5-6,9-11H,2-4,7-8H2,1H3;1-2,5-6,10,13H,3-4,7-8H2. The highest BCUT2D eigenvalue weighted by Crippen LogP contribution is 2.32. The van der Waals surface area contributed by atoms with Gasteiger partial charge in [-0.05, 0) is 79.8 Å². The topological polar surface area (TPSA) is 63.6 Å². The molecule has 4 nitrogen and oxygen atoms in total. The van der Waals surface area contributed by atoms with E-state index in [1.807, 2.05) is 31.2 Å². The Hall–Kier alpha value is -2.62. The first-order chi connectivity index (χ1) is 14.5. The summed E-state index contributed by atoms with van der Waals surface area (Å²) in [7, 11) is 0. The van der Waals surface area contributed by atoms with Gasteiger partial charge in [-0.25, -0.2) is 0 Å². The number of aromatic hydroxyl groups is 1. The molecule has 0 amide bonds. The Morgan fingerprint density at radius 2 is 1.13 bits per heavy atom. The summed E-state index contributed by atoms with van der Waals surface area (Å²) in [6.07, 6.45) is 6.86. The smallest absolute Gasteiger partial charge is 0.132 e. The molecular formula is C26H32O4. The largest absolute Gasteiger partial charge is 0.508 e. The van der Waals surface area contributed by atoms with Crippen LogP contribution in [0.25, 0.3) is 0 Å². The van der Waals surface area contributed by atoms with E-state index in [-0.39, 0.29) is 0 Å². The van der Waals surface area contributed by atoms with Crippen molar-refractivity contribution in [3.05, 3.63) is 59.7 Å². The second-order valence-electron chi connectivity index (χ2n) is 8.22. The minimum Gasteiger partial charge on any atom is -0.508 e. The SMILES string of the molecule is CCOc1ccc(C2CCC(=O)CC2)cc1.O=C1CCC(c2ccc(O)cc2)CC1. The molecule has 0 aromatic heterocycles. The Bertz CT molecular complexity index is 803. The monoisotopic (exact) mass is 408 g/mol. The van der Waals surface area contributed by atoms with Crippen LogP contribution in [-0.2, 0) is 9.59 Å². The van der Waals surface area contributed by atoms with Gasteiger partial charge in [0.25, 0.3) is 0 Å². The lowest BCUT2D eigenvalue weighted by Crippen LogP contribution is -2.12. The van der Waals surface area contributed by atoms with E-state index in [1.54, 1.807) is 12.1 Å². The van der Waals surface area contributed by atoms with Gasteiger partial charge in [-0.2, -0.15) is 0 Å². The molecular weight excluding hydrogens is 376 g/mol. The van der Waals surface area contributed by atoms with Crippen molar-refractivity contribution < 1.29 is 19.4 Å². The van der Waals surface area contributed by atoms with E-state index in [1.165, 1.54) is 11.1 Å². The van der Waals surface area contributed by atoms with E-state index in [0.29, 0.717) is 48.6 Å². The molecule has 2 aliphatic rings. The number of Topliss-reactive ketones (excluding diaryl/α,β-unsaturated/α-hetero) is 2. The Kier molecular flexibility index (Phi) is 8.06. The maximum atomic E-state index is 11.2. The predicted octanol–water partition coefficient (Wildman–Crippen LogP) is 5.93. The molecule has 0 unspecified atom stereocenters. The Labute approximate surface area is 179 Å². The van der Waals surface area contributed by atoms with Gasteiger partial charge < -0.3 is 9.84 Å². The van der Waals surface area contributed by atoms with Crippen molar-refractivity contribution in [1.82, 2.24) is 0 Å². The van der Waals surface area contributed by atoms with Crippen molar-refractivity contribution in [1.29, 1.82) is 0 Å². The van der Waals surface area contributed by atoms with Crippen LogP contribution in [0, 0.1) is 0 Å². The average molecular weight is 409 g/mol. The van der Waals surface area contributed by atoms with Crippen molar-refractivity contribution in [2.24, 2.45) is 0 Å². The number of phenolic OH excluding ortho intramolecular Hbond substituents is 1. The van der Waals surface area contributed by atoms with Gasteiger partial charge in [0.15, 0.2) is 0 Å². The molecule has 0 atom stereocenters. The van der Waals surface area contributed by atoms with Crippen molar-refractivity contribution in [3.8, 4) is 11.5 Å². The van der Waals surface area contributed by atoms with Gasteiger partial charge in [-0.15, -0.1) is 0 Å². The Morgan fingerprint density at radius 3 is 1.53 bits per heavy atom. The van der Waals surface area contributed by atoms with E-state index in [2.05, 4.69) is 12.1 Å². The van der Waals surface area contributed by atoms with Crippen molar-refractivity contribution in [3.63, 3.8) is 0 Å². The number of ketones is 2. The molecule has 0 saturated heterocycles. The highest BCUT2D eigenvalue weighted by atomic mass is 16.5. The number of carbonyl (C=O) groups excluding carboxylic acids is 2. The molecule has 4 heteroatoms. The third kappa shape index (κ3) is 6.45. The molecule has 2 saturated carbocycles. The number of hydrogen-bond donors (Lipinski definition) is 1. The fourth-order valence-electron chi connectivity index (χ4n) is 4.30. The van der Waals surface area contributed by atoms with Crippen LogP contribution in [0.4, 0.5) is 0 Å². The minimum absolute atomic E-state index is 0.306. The van der Waals surface area contributed by atoms with Crippen molar-refractivity contribution in [2.75, 3.05) is 6.61 Å². The van der Waals surface area contributed by atoms with E-state index in [4.69, 9.17) is 9.84 Å². The van der Waals surface area contributed by atoms with E-state index in [9.17, 15) is 9.59 Å². The number of hydrogen-bond acceptors (Lipinski definition) is 4. The van der Waals surface area contributed by atoms with Crippen LogP contribution in [-0.4, -0.2) is 23.3 Å². The van der Waals surface area contributed by atoms with Gasteiger partial charge >= 0.3 is 0 Å². The summed E-state index contributed by atoms with van der Waals surface area (Å²) in [5.74, 6) is 3.11. The molecule has 2 aliphatic carbocycles. The van der Waals surface area contributed by atoms with Crippen LogP contribution in [0.1, 0.15) is 81.3 Å². The third-order valence-electron chi connectivity index (χ3n) is 6.11. The maximum absolute atomic E-state index is 11.2. The zero-order valence-corrected chi connectivity index (χ0v) is 17.8. The van der Waals surface area contributed by atoms with Gasteiger partial charge in [0.2, 0.25) is 0 Å². The van der Waals surface area contributed by atoms with Crippen LogP contribution < -0.4 is 4.74 Å². The van der Waals surface area contributed by atoms with Crippen LogP contribution in [0.5, 0.6) is 11.5 Å². The summed E-state index contributed by atoms with van der Waals surface area (Å²) < 4.78 is 5.41.